The Balaban J connectivity index is 1.65. The van der Waals surface area contributed by atoms with E-state index in [1.165, 1.54) is 15.1 Å². The first-order valence-electron chi connectivity index (χ1n) is 7.43. The van der Waals surface area contributed by atoms with Gasteiger partial charge in [0, 0.05) is 37.6 Å². The number of hydrogen-bond donors (Lipinski definition) is 0. The van der Waals surface area contributed by atoms with E-state index < -0.39 is 0 Å². The minimum atomic E-state index is 0.0139. The van der Waals surface area contributed by atoms with Crippen LogP contribution in [0.4, 0.5) is 0 Å². The summed E-state index contributed by atoms with van der Waals surface area (Å²) in [5.41, 5.74) is 1.40. The Morgan fingerprint density at radius 2 is 2.05 bits per heavy atom. The third kappa shape index (κ3) is 2.82. The van der Waals surface area contributed by atoms with Crippen molar-refractivity contribution < 1.29 is 0 Å². The Labute approximate surface area is 128 Å². The molecule has 0 bridgehead atoms. The first-order valence-corrected chi connectivity index (χ1v) is 8.31. The van der Waals surface area contributed by atoms with Crippen LogP contribution in [0.25, 0.3) is 0 Å². The van der Waals surface area contributed by atoms with Gasteiger partial charge < -0.3 is 0 Å². The molecule has 0 spiro atoms. The maximum absolute atomic E-state index is 12.1. The van der Waals surface area contributed by atoms with Gasteiger partial charge in [-0.25, -0.2) is 9.48 Å². The average molecular weight is 306 g/mol. The molecule has 6 heteroatoms. The van der Waals surface area contributed by atoms with Gasteiger partial charge in [0.15, 0.2) is 0 Å². The van der Waals surface area contributed by atoms with Crippen LogP contribution in [0.3, 0.4) is 0 Å². The highest BCUT2D eigenvalue weighted by atomic mass is 32.1. The van der Waals surface area contributed by atoms with Gasteiger partial charge in [-0.3, -0.25) is 9.47 Å². The van der Waals surface area contributed by atoms with Crippen molar-refractivity contribution in [3.63, 3.8) is 0 Å². The molecule has 1 aliphatic rings. The molecular formula is C15H22N4OS. The lowest BCUT2D eigenvalue weighted by molar-refractivity contribution is 0.177. The van der Waals surface area contributed by atoms with E-state index >= 15 is 0 Å². The molecule has 0 atom stereocenters. The zero-order chi connectivity index (χ0) is 15.0. The molecule has 0 aliphatic carbocycles. The molecule has 0 unspecified atom stereocenters. The van der Waals surface area contributed by atoms with E-state index in [2.05, 4.69) is 28.4 Å². The number of likely N-dealkylation sites (tertiary alicyclic amines) is 1. The van der Waals surface area contributed by atoms with Crippen LogP contribution in [-0.4, -0.2) is 32.3 Å². The topological polar surface area (TPSA) is 43.1 Å². The van der Waals surface area contributed by atoms with E-state index in [0.29, 0.717) is 6.04 Å². The summed E-state index contributed by atoms with van der Waals surface area (Å²) in [7, 11) is 1.72. The first kappa shape index (κ1) is 14.5. The summed E-state index contributed by atoms with van der Waals surface area (Å²) >= 11 is 1.84. The van der Waals surface area contributed by atoms with Crippen molar-refractivity contribution in [2.75, 3.05) is 13.1 Å². The summed E-state index contributed by atoms with van der Waals surface area (Å²) < 4.78 is 3.31. The molecule has 1 saturated heterocycles. The Hall–Kier alpha value is -1.40. The lowest BCUT2D eigenvalue weighted by Gasteiger charge is -2.32. The van der Waals surface area contributed by atoms with Crippen molar-refractivity contribution in [3.8, 4) is 0 Å². The summed E-state index contributed by atoms with van der Waals surface area (Å²) in [6.07, 6.45) is 2.05. The normalized spacial score (nSPS) is 17.5. The molecule has 2 aromatic rings. The van der Waals surface area contributed by atoms with Gasteiger partial charge >= 0.3 is 5.69 Å². The van der Waals surface area contributed by atoms with Crippen molar-refractivity contribution in [1.82, 2.24) is 19.2 Å². The van der Waals surface area contributed by atoms with Crippen molar-refractivity contribution in [2.24, 2.45) is 7.05 Å². The Morgan fingerprint density at radius 1 is 1.33 bits per heavy atom. The van der Waals surface area contributed by atoms with E-state index in [9.17, 15) is 4.79 Å². The van der Waals surface area contributed by atoms with E-state index in [1.807, 2.05) is 22.8 Å². The number of thiophene rings is 1. The van der Waals surface area contributed by atoms with Crippen LogP contribution in [0.2, 0.25) is 0 Å². The molecule has 21 heavy (non-hydrogen) atoms. The van der Waals surface area contributed by atoms with Crippen LogP contribution in [0.15, 0.2) is 16.2 Å². The van der Waals surface area contributed by atoms with Crippen molar-refractivity contribution in [3.05, 3.63) is 38.2 Å². The van der Waals surface area contributed by atoms with Gasteiger partial charge in [0.2, 0.25) is 0 Å². The summed E-state index contributed by atoms with van der Waals surface area (Å²) in [5, 5.41) is 6.40. The predicted octanol–water partition coefficient (Wildman–Crippen LogP) is 2.10. The average Bonchev–Trinajstić information content (AvgIpc) is 2.96. The third-order valence-corrected chi connectivity index (χ3v) is 5.39. The molecule has 3 heterocycles. The fraction of sp³-hybridized carbons (Fsp3) is 0.600. The molecule has 1 aliphatic heterocycles. The van der Waals surface area contributed by atoms with Crippen LogP contribution in [0, 0.1) is 13.8 Å². The van der Waals surface area contributed by atoms with Crippen LogP contribution in [0.1, 0.15) is 35.1 Å². The van der Waals surface area contributed by atoms with Crippen LogP contribution < -0.4 is 5.69 Å². The van der Waals surface area contributed by atoms with Gasteiger partial charge in [-0.1, -0.05) is 0 Å². The highest BCUT2D eigenvalue weighted by Gasteiger charge is 2.24. The van der Waals surface area contributed by atoms with Gasteiger partial charge in [-0.15, -0.1) is 11.3 Å². The standard InChI is InChI=1S/C15H22N4OS/c1-11-6-9-21-14(11)10-18-7-4-13(5-8-18)19-12(2)16-17(3)15(19)20/h6,9,13H,4-5,7-8,10H2,1-3H3. The number of rotatable bonds is 3. The van der Waals surface area contributed by atoms with Gasteiger partial charge in [-0.05, 0) is 43.7 Å². The Morgan fingerprint density at radius 3 is 2.57 bits per heavy atom. The minimum Gasteiger partial charge on any atom is -0.298 e. The fourth-order valence-electron chi connectivity index (χ4n) is 3.13. The highest BCUT2D eigenvalue weighted by Crippen LogP contribution is 2.25. The molecule has 5 nitrogen and oxygen atoms in total. The summed E-state index contributed by atoms with van der Waals surface area (Å²) in [6.45, 7) is 7.22. The molecule has 1 fully saturated rings. The minimum absolute atomic E-state index is 0.0139. The Kier molecular flexibility index (Phi) is 3.99. The zero-order valence-electron chi connectivity index (χ0n) is 12.9. The van der Waals surface area contributed by atoms with Gasteiger partial charge in [0.1, 0.15) is 5.82 Å². The SMILES string of the molecule is Cc1ccsc1CN1CCC(n2c(C)nn(C)c2=O)CC1. The molecule has 0 amide bonds. The molecule has 114 valence electrons. The smallest absolute Gasteiger partial charge is 0.298 e. The van der Waals surface area contributed by atoms with E-state index in [0.717, 1.165) is 38.3 Å². The number of piperidine rings is 1. The van der Waals surface area contributed by atoms with E-state index in [4.69, 9.17) is 0 Å². The Bertz CT molecular complexity index is 676. The largest absolute Gasteiger partial charge is 0.345 e. The lowest BCUT2D eigenvalue weighted by Crippen LogP contribution is -2.37. The van der Waals surface area contributed by atoms with Crippen LogP contribution in [0.5, 0.6) is 0 Å². The molecule has 3 rings (SSSR count). The first-order chi connectivity index (χ1) is 10.1. The van der Waals surface area contributed by atoms with E-state index in [1.54, 1.807) is 7.05 Å². The molecule has 2 aromatic heterocycles. The van der Waals surface area contributed by atoms with Gasteiger partial charge in [0.25, 0.3) is 0 Å². The van der Waals surface area contributed by atoms with Crippen molar-refractivity contribution in [1.29, 1.82) is 0 Å². The second-order valence-electron chi connectivity index (χ2n) is 5.86. The fourth-order valence-corrected chi connectivity index (χ4v) is 4.08. The quantitative estimate of drug-likeness (QED) is 0.872. The van der Waals surface area contributed by atoms with Gasteiger partial charge in [-0.2, -0.15) is 5.10 Å². The summed E-state index contributed by atoms with van der Waals surface area (Å²) in [6, 6.07) is 2.48. The van der Waals surface area contributed by atoms with Crippen molar-refractivity contribution in [2.45, 2.75) is 39.3 Å². The second-order valence-corrected chi connectivity index (χ2v) is 6.86. The van der Waals surface area contributed by atoms with E-state index in [-0.39, 0.29) is 5.69 Å². The van der Waals surface area contributed by atoms with Crippen molar-refractivity contribution >= 4 is 11.3 Å². The van der Waals surface area contributed by atoms with Crippen LogP contribution >= 0.6 is 11.3 Å². The maximum atomic E-state index is 12.1. The second kappa shape index (κ2) is 5.77. The molecular weight excluding hydrogens is 284 g/mol. The monoisotopic (exact) mass is 306 g/mol. The maximum Gasteiger partial charge on any atom is 0.345 e. The van der Waals surface area contributed by atoms with Gasteiger partial charge in [0.05, 0.1) is 0 Å². The number of aromatic nitrogens is 3. The highest BCUT2D eigenvalue weighted by molar-refractivity contribution is 7.10. The molecule has 0 radical (unpaired) electrons. The number of nitrogens with zero attached hydrogens (tertiary/aromatic N) is 4. The van der Waals surface area contributed by atoms with Crippen LogP contribution in [-0.2, 0) is 13.6 Å². The third-order valence-electron chi connectivity index (χ3n) is 4.38. The predicted molar refractivity (Wildman–Crippen MR) is 84.8 cm³/mol. The zero-order valence-corrected chi connectivity index (χ0v) is 13.7. The lowest BCUT2D eigenvalue weighted by atomic mass is 10.0. The summed E-state index contributed by atoms with van der Waals surface area (Å²) in [4.78, 5) is 16.1. The molecule has 0 saturated carbocycles. The number of aryl methyl sites for hydroxylation is 3. The number of hydrogen-bond acceptors (Lipinski definition) is 4. The molecule has 0 N–H and O–H groups in total. The summed E-state index contributed by atoms with van der Waals surface area (Å²) in [5.74, 6) is 0.829. The molecule has 0 aromatic carbocycles.